The lowest BCUT2D eigenvalue weighted by Crippen LogP contribution is -2.30. The number of rotatable bonds is 4. The minimum absolute atomic E-state index is 0.00723. The number of hydrogen-bond donors (Lipinski definition) is 2. The van der Waals surface area contributed by atoms with Gasteiger partial charge in [-0.25, -0.2) is 4.98 Å². The molecule has 25 heavy (non-hydrogen) atoms. The topological polar surface area (TPSA) is 75.1 Å². The number of aliphatic hydroxyl groups excluding tert-OH is 1. The molecule has 2 N–H and O–H groups in total. The quantitative estimate of drug-likeness (QED) is 0.651. The van der Waals surface area contributed by atoms with Crippen molar-refractivity contribution in [3.63, 3.8) is 0 Å². The van der Waals surface area contributed by atoms with Crippen molar-refractivity contribution in [2.75, 3.05) is 0 Å². The van der Waals surface area contributed by atoms with Crippen LogP contribution in [0.3, 0.4) is 0 Å². The number of carbonyl (C=O) groups is 1. The first-order valence-electron chi connectivity index (χ1n) is 7.73. The monoisotopic (exact) mass is 393 g/mol. The number of hydrogen-bond acceptors (Lipinski definition) is 5. The van der Waals surface area contributed by atoms with E-state index in [-0.39, 0.29) is 11.8 Å². The van der Waals surface area contributed by atoms with Crippen molar-refractivity contribution in [3.05, 3.63) is 46.2 Å². The fourth-order valence-electron chi connectivity index (χ4n) is 2.55. The van der Waals surface area contributed by atoms with Crippen LogP contribution >= 0.6 is 34.5 Å². The Hall–Kier alpha value is -1.73. The van der Waals surface area contributed by atoms with Crippen molar-refractivity contribution < 1.29 is 9.90 Å². The molecule has 1 amide bonds. The molecule has 1 aliphatic rings. The predicted octanol–water partition coefficient (Wildman–Crippen LogP) is 4.18. The summed E-state index contributed by atoms with van der Waals surface area (Å²) in [6.45, 7) is 0. The lowest BCUT2D eigenvalue weighted by molar-refractivity contribution is -0.125. The van der Waals surface area contributed by atoms with Gasteiger partial charge in [0, 0.05) is 17.7 Å². The van der Waals surface area contributed by atoms with Crippen LogP contribution in [-0.4, -0.2) is 21.0 Å². The average molecular weight is 394 g/mol. The number of amides is 1. The van der Waals surface area contributed by atoms with E-state index < -0.39 is 6.23 Å². The summed E-state index contributed by atoms with van der Waals surface area (Å²) >= 11 is 13.9. The summed E-state index contributed by atoms with van der Waals surface area (Å²) in [6, 6.07) is 7.02. The first-order valence-corrected chi connectivity index (χ1v) is 9.30. The second kappa shape index (κ2) is 6.53. The van der Waals surface area contributed by atoms with E-state index in [9.17, 15) is 9.90 Å². The summed E-state index contributed by atoms with van der Waals surface area (Å²) in [4.78, 5) is 20.7. The molecule has 1 unspecified atom stereocenters. The highest BCUT2D eigenvalue weighted by atomic mass is 35.5. The smallest absolute Gasteiger partial charge is 0.225 e. The predicted molar refractivity (Wildman–Crippen MR) is 98.7 cm³/mol. The van der Waals surface area contributed by atoms with Gasteiger partial charge in [0.15, 0.2) is 6.23 Å². The molecule has 1 fully saturated rings. The number of aromatic nitrogens is 2. The highest BCUT2D eigenvalue weighted by Crippen LogP contribution is 2.40. The number of benzene rings is 1. The maximum Gasteiger partial charge on any atom is 0.225 e. The minimum atomic E-state index is -1.17. The number of carbonyl (C=O) groups excluding carboxylic acids is 1. The molecule has 1 aromatic carbocycles. The molecule has 0 spiro atoms. The standard InChI is InChI=1S/C17H13Cl2N3O2S/c18-9-2-1-3-10(19)12(9)17-21-11-6-7-20-13(14(11)25-17)16(24)22-15(23)8-4-5-8/h1-3,6-8,16,24H,4-5H2,(H,22,23). The summed E-state index contributed by atoms with van der Waals surface area (Å²) < 4.78 is 0.692. The van der Waals surface area contributed by atoms with E-state index >= 15 is 0 Å². The van der Waals surface area contributed by atoms with E-state index in [1.807, 2.05) is 0 Å². The zero-order chi connectivity index (χ0) is 17.6. The lowest BCUT2D eigenvalue weighted by atomic mass is 10.2. The van der Waals surface area contributed by atoms with Crippen LogP contribution in [0.5, 0.6) is 0 Å². The van der Waals surface area contributed by atoms with Gasteiger partial charge in [0.25, 0.3) is 0 Å². The Morgan fingerprint density at radius 1 is 1.28 bits per heavy atom. The van der Waals surface area contributed by atoms with Crippen LogP contribution in [0.2, 0.25) is 10.0 Å². The molecule has 1 atom stereocenters. The van der Waals surface area contributed by atoms with Crippen molar-refractivity contribution >= 4 is 50.7 Å². The summed E-state index contributed by atoms with van der Waals surface area (Å²) in [7, 11) is 0. The van der Waals surface area contributed by atoms with Crippen molar-refractivity contribution in [1.82, 2.24) is 15.3 Å². The molecule has 0 radical (unpaired) electrons. The Morgan fingerprint density at radius 3 is 2.68 bits per heavy atom. The average Bonchev–Trinajstić information content (AvgIpc) is 3.34. The van der Waals surface area contributed by atoms with Crippen LogP contribution in [0, 0.1) is 5.92 Å². The molecule has 8 heteroatoms. The third-order valence-corrected chi connectivity index (χ3v) is 5.74. The third-order valence-electron chi connectivity index (χ3n) is 3.99. The fourth-order valence-corrected chi connectivity index (χ4v) is 4.38. The third kappa shape index (κ3) is 3.22. The van der Waals surface area contributed by atoms with E-state index in [1.165, 1.54) is 11.3 Å². The van der Waals surface area contributed by atoms with Gasteiger partial charge in [0.1, 0.15) is 10.7 Å². The fraction of sp³-hybridized carbons (Fsp3) is 0.235. The second-order valence-electron chi connectivity index (χ2n) is 5.85. The molecular weight excluding hydrogens is 381 g/mol. The van der Waals surface area contributed by atoms with E-state index in [4.69, 9.17) is 23.2 Å². The lowest BCUT2D eigenvalue weighted by Gasteiger charge is -2.12. The highest BCUT2D eigenvalue weighted by Gasteiger charge is 2.31. The van der Waals surface area contributed by atoms with Gasteiger partial charge < -0.3 is 10.4 Å². The van der Waals surface area contributed by atoms with E-state index in [2.05, 4.69) is 15.3 Å². The van der Waals surface area contributed by atoms with E-state index in [0.717, 1.165) is 12.8 Å². The number of nitrogens with one attached hydrogen (secondary N) is 1. The van der Waals surface area contributed by atoms with Gasteiger partial charge in [-0.1, -0.05) is 29.3 Å². The first-order chi connectivity index (χ1) is 12.0. The van der Waals surface area contributed by atoms with Gasteiger partial charge in [0.2, 0.25) is 5.91 Å². The number of nitrogens with zero attached hydrogens (tertiary/aromatic N) is 2. The van der Waals surface area contributed by atoms with Gasteiger partial charge >= 0.3 is 0 Å². The molecule has 128 valence electrons. The minimum Gasteiger partial charge on any atom is -0.368 e. The van der Waals surface area contributed by atoms with Crippen LogP contribution < -0.4 is 5.32 Å². The number of thiazole rings is 1. The molecule has 3 aromatic rings. The molecule has 5 nitrogen and oxygen atoms in total. The SMILES string of the molecule is O=C(NC(O)c1nccc2nc(-c3c(Cl)cccc3Cl)sc12)C1CC1. The summed E-state index contributed by atoms with van der Waals surface area (Å²) in [5.41, 5.74) is 1.69. The molecule has 1 aliphatic carbocycles. The normalized spacial score (nSPS) is 15.3. The summed E-state index contributed by atoms with van der Waals surface area (Å²) in [6.07, 6.45) is 2.12. The molecule has 0 bridgehead atoms. The van der Waals surface area contributed by atoms with Gasteiger partial charge in [-0.05, 0) is 31.0 Å². The van der Waals surface area contributed by atoms with Crippen LogP contribution in [0.15, 0.2) is 30.5 Å². The Balaban J connectivity index is 1.75. The van der Waals surface area contributed by atoms with Crippen molar-refractivity contribution in [2.45, 2.75) is 19.1 Å². The molecule has 0 aliphatic heterocycles. The molecule has 0 saturated heterocycles. The first kappa shape index (κ1) is 16.7. The zero-order valence-electron chi connectivity index (χ0n) is 12.9. The largest absolute Gasteiger partial charge is 0.368 e. The number of pyridine rings is 1. The van der Waals surface area contributed by atoms with Gasteiger partial charge in [-0.2, -0.15) is 0 Å². The number of aliphatic hydroxyl groups is 1. The maximum absolute atomic E-state index is 11.9. The Kier molecular flexibility index (Phi) is 4.37. The van der Waals surface area contributed by atoms with Gasteiger partial charge in [-0.15, -0.1) is 11.3 Å². The second-order valence-corrected chi connectivity index (χ2v) is 7.66. The van der Waals surface area contributed by atoms with Gasteiger partial charge in [0.05, 0.1) is 20.3 Å². The molecule has 4 rings (SSSR count). The van der Waals surface area contributed by atoms with Crippen molar-refractivity contribution in [3.8, 4) is 10.6 Å². The van der Waals surface area contributed by atoms with E-state index in [1.54, 1.807) is 30.5 Å². The molecule has 2 aromatic heterocycles. The van der Waals surface area contributed by atoms with Gasteiger partial charge in [-0.3, -0.25) is 9.78 Å². The van der Waals surface area contributed by atoms with Crippen LogP contribution in [0.1, 0.15) is 24.8 Å². The summed E-state index contributed by atoms with van der Waals surface area (Å²) in [5.74, 6) is -0.141. The summed E-state index contributed by atoms with van der Waals surface area (Å²) in [5, 5.41) is 14.6. The van der Waals surface area contributed by atoms with E-state index in [0.29, 0.717) is 36.5 Å². The molecule has 1 saturated carbocycles. The Morgan fingerprint density at radius 2 is 2.00 bits per heavy atom. The van der Waals surface area contributed by atoms with Crippen LogP contribution in [0.4, 0.5) is 0 Å². The van der Waals surface area contributed by atoms with Crippen LogP contribution in [0.25, 0.3) is 20.8 Å². The highest BCUT2D eigenvalue weighted by molar-refractivity contribution is 7.22. The number of halogens is 2. The molecular formula is C17H13Cl2N3O2S. The zero-order valence-corrected chi connectivity index (χ0v) is 15.2. The number of fused-ring (bicyclic) bond motifs is 1. The Bertz CT molecular complexity index is 951. The Labute approximate surface area is 157 Å². The van der Waals surface area contributed by atoms with Crippen molar-refractivity contribution in [2.24, 2.45) is 5.92 Å². The van der Waals surface area contributed by atoms with Crippen molar-refractivity contribution in [1.29, 1.82) is 0 Å². The molecule has 2 heterocycles. The maximum atomic E-state index is 11.9. The van der Waals surface area contributed by atoms with Crippen LogP contribution in [-0.2, 0) is 4.79 Å².